The second-order valence-corrected chi connectivity index (χ2v) is 8.31. The lowest BCUT2D eigenvalue weighted by molar-refractivity contribution is 0.0973. The summed E-state index contributed by atoms with van der Waals surface area (Å²) in [5, 5.41) is 5.94. The standard InChI is InChI=1S/C22H27BrN2O3S/c1-4-5-11-27-18-8-6-7-17(13-18)24-22(29)25-21(26)19-12-16(23)9-10-20(19)28-14-15(2)3/h6-10,12-13,15H,4-5,11,14H2,1-3H3,(H2,24,25,26,29). The van der Waals surface area contributed by atoms with Gasteiger partial charge in [0.2, 0.25) is 0 Å². The first-order valence-corrected chi connectivity index (χ1v) is 10.9. The van der Waals surface area contributed by atoms with Crippen molar-refractivity contribution in [3.8, 4) is 11.5 Å². The number of unbranched alkanes of at least 4 members (excludes halogenated alkanes) is 1. The first kappa shape index (κ1) is 23.2. The van der Waals surface area contributed by atoms with Crippen LogP contribution in [0.2, 0.25) is 0 Å². The van der Waals surface area contributed by atoms with Crippen LogP contribution in [-0.2, 0) is 0 Å². The molecule has 0 atom stereocenters. The lowest BCUT2D eigenvalue weighted by Gasteiger charge is -2.15. The molecule has 7 heteroatoms. The summed E-state index contributed by atoms with van der Waals surface area (Å²) in [5.41, 5.74) is 1.16. The highest BCUT2D eigenvalue weighted by Crippen LogP contribution is 2.24. The van der Waals surface area contributed by atoms with Gasteiger partial charge in [-0.3, -0.25) is 10.1 Å². The van der Waals surface area contributed by atoms with Crippen molar-refractivity contribution < 1.29 is 14.3 Å². The molecule has 0 heterocycles. The maximum absolute atomic E-state index is 12.7. The van der Waals surface area contributed by atoms with Gasteiger partial charge in [-0.1, -0.05) is 49.2 Å². The summed E-state index contributed by atoms with van der Waals surface area (Å²) in [5.74, 6) is 1.30. The zero-order valence-corrected chi connectivity index (χ0v) is 19.4. The smallest absolute Gasteiger partial charge is 0.261 e. The highest BCUT2D eigenvalue weighted by Gasteiger charge is 2.15. The van der Waals surface area contributed by atoms with Crippen LogP contribution < -0.4 is 20.1 Å². The number of thiocarbonyl (C=S) groups is 1. The molecule has 0 aliphatic rings. The third kappa shape index (κ3) is 8.03. The van der Waals surface area contributed by atoms with Gasteiger partial charge in [-0.05, 0) is 54.9 Å². The van der Waals surface area contributed by atoms with Crippen LogP contribution in [0, 0.1) is 5.92 Å². The number of anilines is 1. The van der Waals surface area contributed by atoms with Crippen LogP contribution in [0.15, 0.2) is 46.9 Å². The Morgan fingerprint density at radius 1 is 1.17 bits per heavy atom. The number of ether oxygens (including phenoxy) is 2. The summed E-state index contributed by atoms with van der Waals surface area (Å²) in [4.78, 5) is 12.7. The SMILES string of the molecule is CCCCOc1cccc(NC(=S)NC(=O)c2cc(Br)ccc2OCC(C)C)c1. The normalized spacial score (nSPS) is 10.5. The van der Waals surface area contributed by atoms with E-state index in [1.54, 1.807) is 12.1 Å². The van der Waals surface area contributed by atoms with E-state index in [4.69, 9.17) is 21.7 Å². The second-order valence-electron chi connectivity index (χ2n) is 6.98. The van der Waals surface area contributed by atoms with E-state index in [2.05, 4.69) is 47.3 Å². The molecule has 0 radical (unpaired) electrons. The van der Waals surface area contributed by atoms with Crippen molar-refractivity contribution in [2.24, 2.45) is 5.92 Å². The van der Waals surface area contributed by atoms with E-state index in [1.165, 1.54) is 0 Å². The van der Waals surface area contributed by atoms with E-state index in [0.717, 1.165) is 28.8 Å². The van der Waals surface area contributed by atoms with Gasteiger partial charge in [0.1, 0.15) is 11.5 Å². The highest BCUT2D eigenvalue weighted by atomic mass is 79.9. The molecular weight excluding hydrogens is 452 g/mol. The highest BCUT2D eigenvalue weighted by molar-refractivity contribution is 9.10. The molecule has 0 saturated carbocycles. The van der Waals surface area contributed by atoms with Crippen LogP contribution >= 0.6 is 28.1 Å². The summed E-state index contributed by atoms with van der Waals surface area (Å²) in [6.45, 7) is 7.42. The van der Waals surface area contributed by atoms with E-state index in [-0.39, 0.29) is 11.0 Å². The molecule has 2 aromatic rings. The fourth-order valence-electron chi connectivity index (χ4n) is 2.39. The first-order chi connectivity index (χ1) is 13.9. The van der Waals surface area contributed by atoms with Gasteiger partial charge in [0, 0.05) is 16.2 Å². The Kier molecular flexibility index (Phi) is 9.41. The molecule has 0 spiro atoms. The Morgan fingerprint density at radius 3 is 2.69 bits per heavy atom. The third-order valence-corrected chi connectivity index (χ3v) is 4.54. The molecule has 5 nitrogen and oxygen atoms in total. The number of benzene rings is 2. The molecule has 0 bridgehead atoms. The number of carbonyl (C=O) groups excluding carboxylic acids is 1. The van der Waals surface area contributed by atoms with Crippen molar-refractivity contribution in [2.75, 3.05) is 18.5 Å². The number of carbonyl (C=O) groups is 1. The molecule has 0 aliphatic heterocycles. The van der Waals surface area contributed by atoms with Crippen LogP contribution in [0.25, 0.3) is 0 Å². The summed E-state index contributed by atoms with van der Waals surface area (Å²) < 4.78 is 12.3. The largest absolute Gasteiger partial charge is 0.494 e. The lowest BCUT2D eigenvalue weighted by Crippen LogP contribution is -2.34. The molecule has 2 rings (SSSR count). The predicted molar refractivity (Wildman–Crippen MR) is 125 cm³/mol. The quantitative estimate of drug-likeness (QED) is 0.352. The Balaban J connectivity index is 2.01. The molecule has 29 heavy (non-hydrogen) atoms. The van der Waals surface area contributed by atoms with Crippen molar-refractivity contribution in [3.63, 3.8) is 0 Å². The summed E-state index contributed by atoms with van der Waals surface area (Å²) >= 11 is 8.71. The van der Waals surface area contributed by atoms with Crippen molar-refractivity contribution in [1.29, 1.82) is 0 Å². The minimum atomic E-state index is -0.335. The average molecular weight is 479 g/mol. The Bertz CT molecular complexity index is 843. The minimum absolute atomic E-state index is 0.204. The molecular formula is C22H27BrN2O3S. The van der Waals surface area contributed by atoms with Gasteiger partial charge in [0.25, 0.3) is 5.91 Å². The Hall–Kier alpha value is -2.12. The maximum atomic E-state index is 12.7. The Morgan fingerprint density at radius 2 is 1.97 bits per heavy atom. The topological polar surface area (TPSA) is 59.6 Å². The van der Waals surface area contributed by atoms with Crippen LogP contribution in [0.1, 0.15) is 44.0 Å². The number of nitrogens with one attached hydrogen (secondary N) is 2. The van der Waals surface area contributed by atoms with Crippen molar-refractivity contribution in [2.45, 2.75) is 33.6 Å². The van der Waals surface area contributed by atoms with Gasteiger partial charge in [-0.15, -0.1) is 0 Å². The van der Waals surface area contributed by atoms with Crippen molar-refractivity contribution >= 4 is 44.9 Å². The van der Waals surface area contributed by atoms with Crippen molar-refractivity contribution in [3.05, 3.63) is 52.5 Å². The zero-order valence-electron chi connectivity index (χ0n) is 17.0. The molecule has 1 amide bonds. The molecule has 156 valence electrons. The lowest BCUT2D eigenvalue weighted by atomic mass is 10.2. The zero-order chi connectivity index (χ0) is 21.2. The van der Waals surface area contributed by atoms with E-state index in [1.807, 2.05) is 30.3 Å². The van der Waals surface area contributed by atoms with Crippen LogP contribution in [-0.4, -0.2) is 24.2 Å². The number of halogens is 1. The van der Waals surface area contributed by atoms with E-state index >= 15 is 0 Å². The van der Waals surface area contributed by atoms with Gasteiger partial charge < -0.3 is 14.8 Å². The summed E-state index contributed by atoms with van der Waals surface area (Å²) in [6.07, 6.45) is 2.08. The fourth-order valence-corrected chi connectivity index (χ4v) is 2.96. The summed E-state index contributed by atoms with van der Waals surface area (Å²) in [7, 11) is 0. The average Bonchev–Trinajstić information content (AvgIpc) is 2.67. The van der Waals surface area contributed by atoms with Gasteiger partial charge in [0.05, 0.1) is 18.8 Å². The molecule has 0 aromatic heterocycles. The first-order valence-electron chi connectivity index (χ1n) is 9.66. The van der Waals surface area contributed by atoms with E-state index in [9.17, 15) is 4.79 Å². The fraction of sp³-hybridized carbons (Fsp3) is 0.364. The Labute approximate surface area is 186 Å². The van der Waals surface area contributed by atoms with E-state index < -0.39 is 0 Å². The molecule has 0 fully saturated rings. The van der Waals surface area contributed by atoms with Gasteiger partial charge in [-0.25, -0.2) is 0 Å². The molecule has 2 N–H and O–H groups in total. The predicted octanol–water partition coefficient (Wildman–Crippen LogP) is 5.79. The van der Waals surface area contributed by atoms with Crippen molar-refractivity contribution in [1.82, 2.24) is 5.32 Å². The monoisotopic (exact) mass is 478 g/mol. The van der Waals surface area contributed by atoms with Gasteiger partial charge in [0.15, 0.2) is 5.11 Å². The minimum Gasteiger partial charge on any atom is -0.494 e. The van der Waals surface area contributed by atoms with Crippen LogP contribution in [0.4, 0.5) is 5.69 Å². The van der Waals surface area contributed by atoms with Crippen LogP contribution in [0.5, 0.6) is 11.5 Å². The number of hydrogen-bond donors (Lipinski definition) is 2. The molecule has 0 aliphatic carbocycles. The number of hydrogen-bond acceptors (Lipinski definition) is 4. The summed E-state index contributed by atoms with van der Waals surface area (Å²) in [6, 6.07) is 12.8. The van der Waals surface area contributed by atoms with Gasteiger partial charge in [-0.2, -0.15) is 0 Å². The second kappa shape index (κ2) is 11.8. The number of amides is 1. The van der Waals surface area contributed by atoms with Crippen LogP contribution in [0.3, 0.4) is 0 Å². The third-order valence-electron chi connectivity index (χ3n) is 3.84. The molecule has 0 unspecified atom stereocenters. The van der Waals surface area contributed by atoms with Gasteiger partial charge >= 0.3 is 0 Å². The van der Waals surface area contributed by atoms with E-state index in [0.29, 0.717) is 30.4 Å². The molecule has 2 aromatic carbocycles. The maximum Gasteiger partial charge on any atom is 0.261 e. The molecule has 0 saturated heterocycles. The number of rotatable bonds is 9.